The predicted octanol–water partition coefficient (Wildman–Crippen LogP) is 1.62. The molecule has 1 amide bonds. The minimum atomic E-state index is -0.569. The van der Waals surface area contributed by atoms with E-state index in [4.69, 9.17) is 11.6 Å². The summed E-state index contributed by atoms with van der Waals surface area (Å²) in [6, 6.07) is 2.92. The Morgan fingerprint density at radius 1 is 1.39 bits per heavy atom. The van der Waals surface area contributed by atoms with Crippen LogP contribution in [0.15, 0.2) is 12.1 Å². The van der Waals surface area contributed by atoms with Crippen LogP contribution in [0.25, 0.3) is 0 Å². The second-order valence-corrected chi connectivity index (χ2v) is 4.18. The van der Waals surface area contributed by atoms with E-state index in [9.17, 15) is 9.59 Å². The molecule has 7 heteroatoms. The zero-order chi connectivity index (χ0) is 13.7. The number of carbonyl (C=O) groups is 2. The zero-order valence-corrected chi connectivity index (χ0v) is 11.0. The average molecular weight is 272 g/mol. The van der Waals surface area contributed by atoms with Gasteiger partial charge in [-0.3, -0.25) is 15.6 Å². The maximum Gasteiger partial charge on any atom is 0.341 e. The lowest BCUT2D eigenvalue weighted by Gasteiger charge is -2.12. The molecule has 0 spiro atoms. The lowest BCUT2D eigenvalue weighted by atomic mass is 10.2. The summed E-state index contributed by atoms with van der Waals surface area (Å²) in [5.74, 6) is -0.852. The number of hydrogen-bond acceptors (Lipinski definition) is 5. The van der Waals surface area contributed by atoms with Crippen molar-refractivity contribution in [3.63, 3.8) is 0 Å². The summed E-state index contributed by atoms with van der Waals surface area (Å²) in [6.07, 6.45) is 0. The lowest BCUT2D eigenvalue weighted by molar-refractivity contribution is -0.123. The maximum absolute atomic E-state index is 11.5. The fourth-order valence-electron chi connectivity index (χ4n) is 1.07. The quantitative estimate of drug-likeness (QED) is 0.494. The third-order valence-electron chi connectivity index (χ3n) is 2.10. The molecule has 0 aliphatic heterocycles. The van der Waals surface area contributed by atoms with E-state index in [2.05, 4.69) is 20.6 Å². The average Bonchev–Trinajstić information content (AvgIpc) is 2.34. The highest BCUT2D eigenvalue weighted by Crippen LogP contribution is 2.16. The normalized spacial score (nSPS) is 10.1. The van der Waals surface area contributed by atoms with Gasteiger partial charge >= 0.3 is 5.97 Å². The van der Waals surface area contributed by atoms with Crippen molar-refractivity contribution in [2.24, 2.45) is 5.92 Å². The highest BCUT2D eigenvalue weighted by Gasteiger charge is 2.15. The molecular formula is C11H14ClN3O3. The first-order chi connectivity index (χ1) is 8.45. The van der Waals surface area contributed by atoms with Gasteiger partial charge in [0.25, 0.3) is 0 Å². The number of esters is 1. The van der Waals surface area contributed by atoms with Gasteiger partial charge < -0.3 is 4.74 Å². The Labute approximate surface area is 110 Å². The minimum Gasteiger partial charge on any atom is -0.465 e. The Hall–Kier alpha value is -1.82. The van der Waals surface area contributed by atoms with Gasteiger partial charge in [0.05, 0.1) is 7.11 Å². The van der Waals surface area contributed by atoms with Crippen molar-refractivity contribution in [2.45, 2.75) is 13.8 Å². The number of halogens is 1. The summed E-state index contributed by atoms with van der Waals surface area (Å²) >= 11 is 5.73. The summed E-state index contributed by atoms with van der Waals surface area (Å²) < 4.78 is 4.60. The lowest BCUT2D eigenvalue weighted by Crippen LogP contribution is -2.33. The van der Waals surface area contributed by atoms with Gasteiger partial charge in [-0.15, -0.1) is 0 Å². The number of pyridine rings is 1. The molecule has 1 heterocycles. The van der Waals surface area contributed by atoms with Gasteiger partial charge in [-0.25, -0.2) is 9.78 Å². The summed E-state index contributed by atoms with van der Waals surface area (Å²) in [6.45, 7) is 3.48. The molecule has 0 aliphatic carbocycles. The second-order valence-electron chi connectivity index (χ2n) is 3.79. The molecule has 98 valence electrons. The molecule has 0 saturated heterocycles. The number of ether oxygens (including phenoxy) is 1. The van der Waals surface area contributed by atoms with Crippen molar-refractivity contribution in [1.29, 1.82) is 0 Å². The summed E-state index contributed by atoms with van der Waals surface area (Å²) in [4.78, 5) is 26.8. The molecule has 1 rings (SSSR count). The minimum absolute atomic E-state index is 0.142. The van der Waals surface area contributed by atoms with Gasteiger partial charge in [-0.05, 0) is 12.1 Å². The van der Waals surface area contributed by atoms with E-state index in [0.717, 1.165) is 0 Å². The summed E-state index contributed by atoms with van der Waals surface area (Å²) in [5.41, 5.74) is 5.17. The van der Waals surface area contributed by atoms with E-state index in [1.165, 1.54) is 19.2 Å². The Morgan fingerprint density at radius 3 is 2.61 bits per heavy atom. The first kappa shape index (κ1) is 14.2. The number of nitrogens with one attached hydrogen (secondary N) is 2. The van der Waals surface area contributed by atoms with Crippen molar-refractivity contribution in [2.75, 3.05) is 12.5 Å². The molecule has 1 aromatic heterocycles. The molecule has 0 aliphatic rings. The van der Waals surface area contributed by atoms with Crippen LogP contribution >= 0.6 is 11.6 Å². The largest absolute Gasteiger partial charge is 0.465 e. The first-order valence-corrected chi connectivity index (χ1v) is 5.64. The molecule has 0 aromatic carbocycles. The fourth-order valence-corrected chi connectivity index (χ4v) is 1.22. The number of anilines is 1. The van der Waals surface area contributed by atoms with Crippen LogP contribution in [0.2, 0.25) is 5.15 Å². The molecule has 6 nitrogen and oxygen atoms in total. The van der Waals surface area contributed by atoms with Crippen LogP contribution in [0.4, 0.5) is 5.82 Å². The topological polar surface area (TPSA) is 80.3 Å². The standard InChI is InChI=1S/C11H14ClN3O3/c1-6(2)10(16)15-14-9-7(11(17)18-3)4-5-8(12)13-9/h4-6H,1-3H3,(H,13,14)(H,15,16). The van der Waals surface area contributed by atoms with Crippen molar-refractivity contribution in [3.8, 4) is 0 Å². The third-order valence-corrected chi connectivity index (χ3v) is 2.31. The number of rotatable bonds is 4. The number of methoxy groups -OCH3 is 1. The predicted molar refractivity (Wildman–Crippen MR) is 67.2 cm³/mol. The van der Waals surface area contributed by atoms with Crippen LogP contribution in [0.5, 0.6) is 0 Å². The van der Waals surface area contributed by atoms with Crippen molar-refractivity contribution < 1.29 is 14.3 Å². The van der Waals surface area contributed by atoms with Crippen LogP contribution in [0.1, 0.15) is 24.2 Å². The van der Waals surface area contributed by atoms with Gasteiger partial charge in [-0.2, -0.15) is 0 Å². The molecule has 0 atom stereocenters. The number of nitrogens with zero attached hydrogens (tertiary/aromatic N) is 1. The zero-order valence-electron chi connectivity index (χ0n) is 10.3. The van der Waals surface area contributed by atoms with E-state index in [1.807, 2.05) is 0 Å². The second kappa shape index (κ2) is 6.20. The van der Waals surface area contributed by atoms with Crippen molar-refractivity contribution in [3.05, 3.63) is 22.8 Å². The Kier molecular flexibility index (Phi) is 4.91. The van der Waals surface area contributed by atoms with Gasteiger partial charge in [-0.1, -0.05) is 25.4 Å². The van der Waals surface area contributed by atoms with E-state index in [0.29, 0.717) is 0 Å². The van der Waals surface area contributed by atoms with Crippen LogP contribution in [0.3, 0.4) is 0 Å². The molecule has 0 unspecified atom stereocenters. The number of amides is 1. The molecule has 18 heavy (non-hydrogen) atoms. The number of hydrazine groups is 1. The Morgan fingerprint density at radius 2 is 2.06 bits per heavy atom. The van der Waals surface area contributed by atoms with Crippen LogP contribution in [0, 0.1) is 5.92 Å². The Balaban J connectivity index is 2.89. The summed E-state index contributed by atoms with van der Waals surface area (Å²) in [5, 5.41) is 0.198. The third kappa shape index (κ3) is 3.59. The van der Waals surface area contributed by atoms with Crippen molar-refractivity contribution >= 4 is 29.3 Å². The Bertz CT molecular complexity index is 463. The van der Waals surface area contributed by atoms with Gasteiger partial charge in [0.15, 0.2) is 5.82 Å². The first-order valence-electron chi connectivity index (χ1n) is 5.26. The highest BCUT2D eigenvalue weighted by atomic mass is 35.5. The molecular weight excluding hydrogens is 258 g/mol. The molecule has 0 saturated carbocycles. The van der Waals surface area contributed by atoms with Crippen LogP contribution < -0.4 is 10.9 Å². The maximum atomic E-state index is 11.5. The number of carbonyl (C=O) groups excluding carboxylic acids is 2. The van der Waals surface area contributed by atoms with Crippen LogP contribution in [-0.4, -0.2) is 24.0 Å². The van der Waals surface area contributed by atoms with E-state index in [-0.39, 0.29) is 28.4 Å². The molecule has 0 bridgehead atoms. The van der Waals surface area contributed by atoms with Crippen molar-refractivity contribution in [1.82, 2.24) is 10.4 Å². The fraction of sp³-hybridized carbons (Fsp3) is 0.364. The van der Waals surface area contributed by atoms with Gasteiger partial charge in [0, 0.05) is 5.92 Å². The molecule has 2 N–H and O–H groups in total. The highest BCUT2D eigenvalue weighted by molar-refractivity contribution is 6.29. The van der Waals surface area contributed by atoms with E-state index < -0.39 is 5.97 Å². The monoisotopic (exact) mass is 271 g/mol. The van der Waals surface area contributed by atoms with E-state index in [1.54, 1.807) is 13.8 Å². The van der Waals surface area contributed by atoms with Crippen LogP contribution in [-0.2, 0) is 9.53 Å². The SMILES string of the molecule is COC(=O)c1ccc(Cl)nc1NNC(=O)C(C)C. The van der Waals surface area contributed by atoms with Gasteiger partial charge in [0.1, 0.15) is 10.7 Å². The molecule has 1 aromatic rings. The van der Waals surface area contributed by atoms with E-state index >= 15 is 0 Å². The number of hydrogen-bond donors (Lipinski definition) is 2. The smallest absolute Gasteiger partial charge is 0.341 e. The number of aromatic nitrogens is 1. The molecule has 0 radical (unpaired) electrons. The molecule has 0 fully saturated rings. The van der Waals surface area contributed by atoms with Gasteiger partial charge in [0.2, 0.25) is 5.91 Å². The summed E-state index contributed by atoms with van der Waals surface area (Å²) in [7, 11) is 1.26.